The summed E-state index contributed by atoms with van der Waals surface area (Å²) in [5.74, 6) is 0.548. The quantitative estimate of drug-likeness (QED) is 0.826. The first-order chi connectivity index (χ1) is 7.66. The summed E-state index contributed by atoms with van der Waals surface area (Å²) < 4.78 is 6.72. The van der Waals surface area contributed by atoms with Crippen LogP contribution in [0.25, 0.3) is 0 Å². The second kappa shape index (κ2) is 4.32. The van der Waals surface area contributed by atoms with Crippen molar-refractivity contribution in [2.24, 2.45) is 12.8 Å². The highest BCUT2D eigenvalue weighted by Crippen LogP contribution is 2.13. The van der Waals surface area contributed by atoms with Gasteiger partial charge in [0.2, 0.25) is 0 Å². The van der Waals surface area contributed by atoms with E-state index >= 15 is 0 Å². The van der Waals surface area contributed by atoms with Crippen LogP contribution in [0.2, 0.25) is 0 Å². The number of carbonyl (C=O) groups excluding carboxylic acids is 1. The van der Waals surface area contributed by atoms with Crippen LogP contribution in [0.4, 0.5) is 0 Å². The van der Waals surface area contributed by atoms with Crippen LogP contribution in [-0.4, -0.2) is 15.6 Å². The fraction of sp³-hybridized carbons (Fsp3) is 0.273. The van der Waals surface area contributed by atoms with E-state index < -0.39 is 6.04 Å². The maximum atomic E-state index is 11.8. The summed E-state index contributed by atoms with van der Waals surface area (Å²) in [4.78, 5) is 11.8. The Balaban J connectivity index is 2.05. The van der Waals surface area contributed by atoms with Crippen molar-refractivity contribution in [3.05, 3.63) is 42.1 Å². The normalized spacial score (nSPS) is 12.6. The van der Waals surface area contributed by atoms with E-state index in [0.717, 1.165) is 5.56 Å². The number of hydrogen-bond donors (Lipinski definition) is 1. The number of aromatic nitrogens is 2. The topological polar surface area (TPSA) is 74.0 Å². The SMILES string of the molecule is Cn1cc(C(N)C(=O)Cc2ccco2)cn1. The smallest absolute Gasteiger partial charge is 0.161 e. The summed E-state index contributed by atoms with van der Waals surface area (Å²) in [5.41, 5.74) is 6.55. The van der Waals surface area contributed by atoms with Gasteiger partial charge in [0, 0.05) is 18.8 Å². The zero-order valence-electron chi connectivity index (χ0n) is 8.96. The standard InChI is InChI=1S/C11H13N3O2/c1-14-7-8(6-13-14)11(12)10(15)5-9-3-2-4-16-9/h2-4,6-7,11H,5,12H2,1H3. The monoisotopic (exact) mass is 219 g/mol. The molecule has 1 unspecified atom stereocenters. The molecule has 0 spiro atoms. The third kappa shape index (κ3) is 2.20. The lowest BCUT2D eigenvalue weighted by molar-refractivity contribution is -0.120. The van der Waals surface area contributed by atoms with Crippen LogP contribution in [-0.2, 0) is 18.3 Å². The Bertz CT molecular complexity index is 473. The largest absolute Gasteiger partial charge is 0.469 e. The molecule has 5 heteroatoms. The Kier molecular flexibility index (Phi) is 2.87. The van der Waals surface area contributed by atoms with Crippen LogP contribution in [0.15, 0.2) is 35.2 Å². The zero-order valence-corrected chi connectivity index (χ0v) is 8.96. The molecule has 2 heterocycles. The van der Waals surface area contributed by atoms with E-state index in [-0.39, 0.29) is 12.2 Å². The minimum absolute atomic E-state index is 0.0806. The summed E-state index contributed by atoms with van der Waals surface area (Å²) >= 11 is 0. The molecule has 2 aromatic rings. The average Bonchev–Trinajstić information content (AvgIpc) is 2.88. The van der Waals surface area contributed by atoms with Crippen LogP contribution in [0.5, 0.6) is 0 Å². The number of hydrogen-bond acceptors (Lipinski definition) is 4. The van der Waals surface area contributed by atoms with Gasteiger partial charge < -0.3 is 10.2 Å². The predicted octanol–water partition coefficient (Wildman–Crippen LogP) is 0.825. The molecule has 0 aliphatic heterocycles. The molecule has 2 N–H and O–H groups in total. The van der Waals surface area contributed by atoms with Crippen molar-refractivity contribution in [2.45, 2.75) is 12.5 Å². The van der Waals surface area contributed by atoms with Gasteiger partial charge in [-0.1, -0.05) is 0 Å². The Hall–Kier alpha value is -1.88. The first-order valence-electron chi connectivity index (χ1n) is 4.96. The van der Waals surface area contributed by atoms with Gasteiger partial charge in [0.1, 0.15) is 5.76 Å². The van der Waals surface area contributed by atoms with Gasteiger partial charge in [0.05, 0.1) is 24.9 Å². The van der Waals surface area contributed by atoms with Gasteiger partial charge in [-0.2, -0.15) is 5.10 Å². The number of nitrogens with two attached hydrogens (primary N) is 1. The Morgan fingerprint density at radius 3 is 3.06 bits per heavy atom. The van der Waals surface area contributed by atoms with Gasteiger partial charge in [-0.05, 0) is 12.1 Å². The molecule has 0 aliphatic rings. The van der Waals surface area contributed by atoms with Crippen LogP contribution < -0.4 is 5.73 Å². The lowest BCUT2D eigenvalue weighted by atomic mass is 10.0. The second-order valence-electron chi connectivity index (χ2n) is 3.65. The van der Waals surface area contributed by atoms with E-state index in [1.54, 1.807) is 36.3 Å². The highest BCUT2D eigenvalue weighted by atomic mass is 16.3. The summed E-state index contributed by atoms with van der Waals surface area (Å²) in [7, 11) is 1.78. The molecular formula is C11H13N3O2. The average molecular weight is 219 g/mol. The number of nitrogens with zero attached hydrogens (tertiary/aromatic N) is 2. The lowest BCUT2D eigenvalue weighted by Gasteiger charge is -2.06. The molecule has 84 valence electrons. The van der Waals surface area contributed by atoms with Crippen molar-refractivity contribution in [1.82, 2.24) is 9.78 Å². The molecule has 2 aromatic heterocycles. The molecular weight excluding hydrogens is 206 g/mol. The van der Waals surface area contributed by atoms with Gasteiger partial charge >= 0.3 is 0 Å². The third-order valence-corrected chi connectivity index (χ3v) is 2.36. The molecule has 0 amide bonds. The van der Waals surface area contributed by atoms with E-state index in [2.05, 4.69) is 5.10 Å². The van der Waals surface area contributed by atoms with Crippen molar-refractivity contribution in [2.75, 3.05) is 0 Å². The first kappa shape index (κ1) is 10.6. The zero-order chi connectivity index (χ0) is 11.5. The molecule has 5 nitrogen and oxygen atoms in total. The molecule has 0 aromatic carbocycles. The fourth-order valence-electron chi connectivity index (χ4n) is 1.48. The molecule has 0 saturated carbocycles. The number of furan rings is 1. The highest BCUT2D eigenvalue weighted by molar-refractivity contribution is 5.86. The molecule has 0 aliphatic carbocycles. The van der Waals surface area contributed by atoms with Gasteiger partial charge in [-0.25, -0.2) is 0 Å². The summed E-state index contributed by atoms with van der Waals surface area (Å²) in [6.07, 6.45) is 5.09. The van der Waals surface area contributed by atoms with Crippen LogP contribution in [0.3, 0.4) is 0 Å². The second-order valence-corrected chi connectivity index (χ2v) is 3.65. The maximum absolute atomic E-state index is 11.8. The Morgan fingerprint density at radius 2 is 2.50 bits per heavy atom. The Morgan fingerprint density at radius 1 is 1.69 bits per heavy atom. The number of ketones is 1. The van der Waals surface area contributed by atoms with Crippen molar-refractivity contribution in [3.63, 3.8) is 0 Å². The molecule has 2 rings (SSSR count). The Labute approximate surface area is 92.9 Å². The van der Waals surface area contributed by atoms with Crippen LogP contribution >= 0.6 is 0 Å². The molecule has 0 fully saturated rings. The van der Waals surface area contributed by atoms with Gasteiger partial charge in [0.25, 0.3) is 0 Å². The maximum Gasteiger partial charge on any atom is 0.161 e. The third-order valence-electron chi connectivity index (χ3n) is 2.36. The van der Waals surface area contributed by atoms with E-state index in [1.807, 2.05) is 0 Å². The molecule has 0 bridgehead atoms. The van der Waals surface area contributed by atoms with E-state index in [1.165, 1.54) is 6.26 Å². The molecule has 1 atom stereocenters. The van der Waals surface area contributed by atoms with Crippen molar-refractivity contribution >= 4 is 5.78 Å². The van der Waals surface area contributed by atoms with Gasteiger partial charge in [0.15, 0.2) is 5.78 Å². The van der Waals surface area contributed by atoms with Crippen molar-refractivity contribution < 1.29 is 9.21 Å². The summed E-state index contributed by atoms with van der Waals surface area (Å²) in [6, 6.07) is 2.87. The summed E-state index contributed by atoms with van der Waals surface area (Å²) in [5, 5.41) is 3.98. The number of carbonyl (C=O) groups is 1. The lowest BCUT2D eigenvalue weighted by Crippen LogP contribution is -2.22. The number of rotatable bonds is 4. The minimum atomic E-state index is -0.640. The predicted molar refractivity (Wildman–Crippen MR) is 57.6 cm³/mol. The molecule has 0 saturated heterocycles. The van der Waals surface area contributed by atoms with Crippen molar-refractivity contribution in [1.29, 1.82) is 0 Å². The van der Waals surface area contributed by atoms with Crippen molar-refractivity contribution in [3.8, 4) is 0 Å². The number of aryl methyl sites for hydroxylation is 1. The van der Waals surface area contributed by atoms with Crippen LogP contribution in [0.1, 0.15) is 17.4 Å². The van der Waals surface area contributed by atoms with E-state index in [0.29, 0.717) is 5.76 Å². The first-order valence-corrected chi connectivity index (χ1v) is 4.96. The number of Topliss-reactive ketones (excluding diaryl/α,β-unsaturated/α-hetero) is 1. The van der Waals surface area contributed by atoms with Gasteiger partial charge in [-0.3, -0.25) is 9.48 Å². The molecule has 0 radical (unpaired) electrons. The van der Waals surface area contributed by atoms with E-state index in [9.17, 15) is 4.79 Å². The van der Waals surface area contributed by atoms with E-state index in [4.69, 9.17) is 10.2 Å². The van der Waals surface area contributed by atoms with Gasteiger partial charge in [-0.15, -0.1) is 0 Å². The fourth-order valence-corrected chi connectivity index (χ4v) is 1.48. The molecule has 16 heavy (non-hydrogen) atoms. The summed E-state index contributed by atoms with van der Waals surface area (Å²) in [6.45, 7) is 0. The van der Waals surface area contributed by atoms with Crippen LogP contribution in [0, 0.1) is 0 Å². The highest BCUT2D eigenvalue weighted by Gasteiger charge is 2.18. The minimum Gasteiger partial charge on any atom is -0.469 e.